The molecular weight excluding hydrogens is 186 g/mol. The lowest BCUT2D eigenvalue weighted by molar-refractivity contribution is 0.152. The monoisotopic (exact) mass is 211 g/mol. The van der Waals surface area contributed by atoms with Gasteiger partial charge in [-0.1, -0.05) is 26.8 Å². The van der Waals surface area contributed by atoms with Gasteiger partial charge in [-0.25, -0.2) is 5.43 Å². The van der Waals surface area contributed by atoms with Crippen LogP contribution in [0.15, 0.2) is 12.8 Å². The standard InChI is InChI=1S/C12H25N3/c1-4-11(3)10-14-15(5-2)12-6-8-13-9-7-12/h5,11-14H,2,4,6-10H2,1,3H3. The van der Waals surface area contributed by atoms with Crippen LogP contribution in [-0.2, 0) is 0 Å². The Hall–Kier alpha value is -0.540. The smallest absolute Gasteiger partial charge is 0.0472 e. The Morgan fingerprint density at radius 1 is 1.53 bits per heavy atom. The minimum Gasteiger partial charge on any atom is -0.317 e. The molecule has 0 spiro atoms. The van der Waals surface area contributed by atoms with Gasteiger partial charge in [0.2, 0.25) is 0 Å². The van der Waals surface area contributed by atoms with Gasteiger partial charge in [0.1, 0.15) is 0 Å². The first-order valence-electron chi connectivity index (χ1n) is 6.13. The van der Waals surface area contributed by atoms with Gasteiger partial charge in [0.05, 0.1) is 0 Å². The first-order chi connectivity index (χ1) is 7.27. The summed E-state index contributed by atoms with van der Waals surface area (Å²) in [6.07, 6.45) is 5.57. The molecule has 0 bridgehead atoms. The predicted octanol–water partition coefficient (Wildman–Crippen LogP) is 1.73. The van der Waals surface area contributed by atoms with E-state index >= 15 is 0 Å². The molecule has 3 nitrogen and oxygen atoms in total. The lowest BCUT2D eigenvalue weighted by atomic mass is 10.1. The first kappa shape index (κ1) is 12.5. The zero-order valence-electron chi connectivity index (χ0n) is 10.1. The van der Waals surface area contributed by atoms with Crippen molar-refractivity contribution in [3.8, 4) is 0 Å². The number of nitrogens with zero attached hydrogens (tertiary/aromatic N) is 1. The van der Waals surface area contributed by atoms with Gasteiger partial charge in [-0.3, -0.25) is 0 Å². The molecule has 0 radical (unpaired) electrons. The molecule has 3 heteroatoms. The molecular formula is C12H25N3. The van der Waals surface area contributed by atoms with Crippen LogP contribution in [0.25, 0.3) is 0 Å². The summed E-state index contributed by atoms with van der Waals surface area (Å²) in [4.78, 5) is 0. The number of nitrogens with one attached hydrogen (secondary N) is 2. The molecule has 1 unspecified atom stereocenters. The van der Waals surface area contributed by atoms with E-state index in [1.807, 2.05) is 6.20 Å². The highest BCUT2D eigenvalue weighted by molar-refractivity contribution is 4.81. The van der Waals surface area contributed by atoms with Gasteiger partial charge in [-0.15, -0.1) is 0 Å². The quantitative estimate of drug-likeness (QED) is 0.655. The van der Waals surface area contributed by atoms with Gasteiger partial charge in [0.25, 0.3) is 0 Å². The molecule has 0 aromatic heterocycles. The van der Waals surface area contributed by atoms with Gasteiger partial charge in [0.15, 0.2) is 0 Å². The number of hydrogen-bond acceptors (Lipinski definition) is 3. The first-order valence-corrected chi connectivity index (χ1v) is 6.13. The molecule has 1 heterocycles. The van der Waals surface area contributed by atoms with Crippen molar-refractivity contribution in [1.82, 2.24) is 15.8 Å². The van der Waals surface area contributed by atoms with E-state index in [0.717, 1.165) is 25.6 Å². The van der Waals surface area contributed by atoms with Crippen molar-refractivity contribution < 1.29 is 0 Å². The van der Waals surface area contributed by atoms with E-state index in [-0.39, 0.29) is 0 Å². The zero-order chi connectivity index (χ0) is 11.1. The molecule has 1 fully saturated rings. The third-order valence-corrected chi connectivity index (χ3v) is 3.22. The Morgan fingerprint density at radius 2 is 2.20 bits per heavy atom. The van der Waals surface area contributed by atoms with Crippen LogP contribution < -0.4 is 10.7 Å². The van der Waals surface area contributed by atoms with Crippen molar-refractivity contribution in [1.29, 1.82) is 0 Å². The van der Waals surface area contributed by atoms with E-state index in [1.165, 1.54) is 19.3 Å². The summed E-state index contributed by atoms with van der Waals surface area (Å²) in [7, 11) is 0. The van der Waals surface area contributed by atoms with Gasteiger partial charge in [-0.05, 0) is 31.8 Å². The molecule has 1 atom stereocenters. The fourth-order valence-corrected chi connectivity index (χ4v) is 1.83. The molecule has 1 saturated heterocycles. The molecule has 1 aliphatic rings. The highest BCUT2D eigenvalue weighted by atomic mass is 15.5. The molecule has 1 rings (SSSR count). The van der Waals surface area contributed by atoms with Gasteiger partial charge < -0.3 is 10.3 Å². The second-order valence-corrected chi connectivity index (χ2v) is 4.45. The van der Waals surface area contributed by atoms with E-state index in [1.54, 1.807) is 0 Å². The van der Waals surface area contributed by atoms with Gasteiger partial charge in [0, 0.05) is 18.8 Å². The van der Waals surface area contributed by atoms with E-state index in [2.05, 4.69) is 36.2 Å². The highest BCUT2D eigenvalue weighted by Gasteiger charge is 2.17. The number of rotatable bonds is 6. The summed E-state index contributed by atoms with van der Waals surface area (Å²) in [5, 5.41) is 5.58. The van der Waals surface area contributed by atoms with E-state index in [9.17, 15) is 0 Å². The summed E-state index contributed by atoms with van der Waals surface area (Å²) in [6, 6.07) is 0.618. The molecule has 0 aromatic rings. The summed E-state index contributed by atoms with van der Waals surface area (Å²) in [6.45, 7) is 11.7. The highest BCUT2D eigenvalue weighted by Crippen LogP contribution is 2.10. The number of hydrogen-bond donors (Lipinski definition) is 2. The van der Waals surface area contributed by atoms with Crippen molar-refractivity contribution >= 4 is 0 Å². The van der Waals surface area contributed by atoms with Crippen molar-refractivity contribution in [3.63, 3.8) is 0 Å². The average Bonchev–Trinajstić information content (AvgIpc) is 2.31. The van der Waals surface area contributed by atoms with Crippen LogP contribution in [0, 0.1) is 5.92 Å². The second kappa shape index (κ2) is 6.85. The average molecular weight is 211 g/mol. The number of hydrazine groups is 1. The van der Waals surface area contributed by atoms with Crippen molar-refractivity contribution in [2.45, 2.75) is 39.2 Å². The summed E-state index contributed by atoms with van der Waals surface area (Å²) >= 11 is 0. The fourth-order valence-electron chi connectivity index (χ4n) is 1.83. The zero-order valence-corrected chi connectivity index (χ0v) is 10.1. The van der Waals surface area contributed by atoms with Crippen molar-refractivity contribution in [3.05, 3.63) is 12.8 Å². The lowest BCUT2D eigenvalue weighted by Crippen LogP contribution is -2.47. The Labute approximate surface area is 93.9 Å². The second-order valence-electron chi connectivity index (χ2n) is 4.45. The minimum absolute atomic E-state index is 0.618. The van der Waals surface area contributed by atoms with Crippen LogP contribution in [0.1, 0.15) is 33.1 Å². The topological polar surface area (TPSA) is 27.3 Å². The van der Waals surface area contributed by atoms with Crippen LogP contribution in [0.4, 0.5) is 0 Å². The maximum atomic E-state index is 3.88. The largest absolute Gasteiger partial charge is 0.317 e. The maximum Gasteiger partial charge on any atom is 0.0472 e. The van der Waals surface area contributed by atoms with E-state index in [0.29, 0.717) is 6.04 Å². The molecule has 1 aliphatic heterocycles. The van der Waals surface area contributed by atoms with Gasteiger partial charge >= 0.3 is 0 Å². The van der Waals surface area contributed by atoms with Crippen molar-refractivity contribution in [2.75, 3.05) is 19.6 Å². The Kier molecular flexibility index (Phi) is 5.73. The van der Waals surface area contributed by atoms with Crippen molar-refractivity contribution in [2.24, 2.45) is 5.92 Å². The fraction of sp³-hybridized carbons (Fsp3) is 0.833. The van der Waals surface area contributed by atoms with Crippen LogP contribution in [-0.4, -0.2) is 30.7 Å². The SMILES string of the molecule is C=CN(NCC(C)CC)C1CCNCC1. The minimum atomic E-state index is 0.618. The van der Waals surface area contributed by atoms with E-state index < -0.39 is 0 Å². The predicted molar refractivity (Wildman–Crippen MR) is 65.4 cm³/mol. The Morgan fingerprint density at radius 3 is 2.73 bits per heavy atom. The third-order valence-electron chi connectivity index (χ3n) is 3.22. The molecule has 0 aromatic carbocycles. The molecule has 0 saturated carbocycles. The summed E-state index contributed by atoms with van der Waals surface area (Å²) < 4.78 is 0. The molecule has 0 amide bonds. The van der Waals surface area contributed by atoms with Crippen LogP contribution in [0.2, 0.25) is 0 Å². The molecule has 88 valence electrons. The summed E-state index contributed by atoms with van der Waals surface area (Å²) in [5.74, 6) is 0.731. The number of piperidine rings is 1. The van der Waals surface area contributed by atoms with Crippen LogP contribution in [0.5, 0.6) is 0 Å². The van der Waals surface area contributed by atoms with Gasteiger partial charge in [-0.2, -0.15) is 0 Å². The molecule has 0 aliphatic carbocycles. The Balaban J connectivity index is 2.30. The van der Waals surface area contributed by atoms with E-state index in [4.69, 9.17) is 0 Å². The molecule has 2 N–H and O–H groups in total. The Bertz CT molecular complexity index is 176. The normalized spacial score (nSPS) is 19.9. The maximum absolute atomic E-state index is 3.88. The summed E-state index contributed by atoms with van der Waals surface area (Å²) in [5.41, 5.74) is 3.48. The lowest BCUT2D eigenvalue weighted by Gasteiger charge is -2.34. The molecule has 15 heavy (non-hydrogen) atoms. The van der Waals surface area contributed by atoms with Crippen LogP contribution >= 0.6 is 0 Å². The third kappa shape index (κ3) is 4.22. The van der Waals surface area contributed by atoms with Crippen LogP contribution in [0.3, 0.4) is 0 Å².